The number of hydrogen-bond acceptors (Lipinski definition) is 4. The molecule has 6 heteroatoms. The molecule has 0 radical (unpaired) electrons. The maximum Gasteiger partial charge on any atom is 0.227 e. The first-order valence-corrected chi connectivity index (χ1v) is 10.5. The third-order valence-electron chi connectivity index (χ3n) is 6.37. The molecule has 5 nitrogen and oxygen atoms in total. The van der Waals surface area contributed by atoms with Gasteiger partial charge < -0.3 is 15.0 Å². The van der Waals surface area contributed by atoms with Crippen molar-refractivity contribution in [2.75, 3.05) is 53.0 Å². The largest absolute Gasteiger partial charge is 0.379 e. The van der Waals surface area contributed by atoms with E-state index < -0.39 is 0 Å². The Morgan fingerprint density at radius 2 is 1.75 bits per heavy atom. The van der Waals surface area contributed by atoms with Gasteiger partial charge in [0.15, 0.2) is 0 Å². The van der Waals surface area contributed by atoms with Gasteiger partial charge in [-0.1, -0.05) is 26.0 Å². The molecule has 28 heavy (non-hydrogen) atoms. The molecule has 2 fully saturated rings. The third kappa shape index (κ3) is 4.91. The molecule has 0 aromatic heterocycles. The average molecular weight is 392 g/mol. The second kappa shape index (κ2) is 9.33. The van der Waals surface area contributed by atoms with E-state index in [9.17, 15) is 9.18 Å². The van der Waals surface area contributed by atoms with Gasteiger partial charge in [0, 0.05) is 25.2 Å². The number of carbonyl (C=O) groups excluding carboxylic acids is 1. The van der Waals surface area contributed by atoms with Crippen LogP contribution in [-0.2, 0) is 9.53 Å². The zero-order valence-electron chi connectivity index (χ0n) is 17.4. The Morgan fingerprint density at radius 3 is 2.32 bits per heavy atom. The summed E-state index contributed by atoms with van der Waals surface area (Å²) in [6.07, 6.45) is 2.10. The van der Waals surface area contributed by atoms with E-state index in [1.54, 1.807) is 12.1 Å². The third-order valence-corrected chi connectivity index (χ3v) is 6.37. The van der Waals surface area contributed by atoms with Crippen LogP contribution in [-0.4, -0.2) is 74.2 Å². The molecule has 2 saturated heterocycles. The van der Waals surface area contributed by atoms with Gasteiger partial charge in [-0.3, -0.25) is 9.69 Å². The Balaban J connectivity index is 1.72. The summed E-state index contributed by atoms with van der Waals surface area (Å²) in [5, 5.41) is 3.27. The number of nitrogens with one attached hydrogen (secondary N) is 1. The molecule has 1 N–H and O–H groups in total. The molecule has 156 valence electrons. The van der Waals surface area contributed by atoms with Crippen LogP contribution in [0.25, 0.3) is 0 Å². The zero-order chi connectivity index (χ0) is 20.1. The Hall–Kier alpha value is -1.50. The van der Waals surface area contributed by atoms with Gasteiger partial charge in [-0.15, -0.1) is 0 Å². The molecule has 0 spiro atoms. The molecule has 2 aliphatic heterocycles. The number of morpholine rings is 1. The Bertz CT molecular complexity index is 636. The van der Waals surface area contributed by atoms with E-state index in [0.29, 0.717) is 6.54 Å². The van der Waals surface area contributed by atoms with Crippen molar-refractivity contribution in [3.05, 3.63) is 35.6 Å². The van der Waals surface area contributed by atoms with Crippen LogP contribution in [0.15, 0.2) is 24.3 Å². The molecule has 1 unspecified atom stereocenters. The molecule has 2 aliphatic rings. The molecular weight excluding hydrogens is 357 g/mol. The van der Waals surface area contributed by atoms with Crippen LogP contribution in [0.4, 0.5) is 4.39 Å². The van der Waals surface area contributed by atoms with E-state index in [2.05, 4.69) is 22.2 Å². The van der Waals surface area contributed by atoms with Crippen LogP contribution in [0, 0.1) is 11.7 Å². The second-order valence-corrected chi connectivity index (χ2v) is 8.62. The fraction of sp³-hybridized carbons (Fsp3) is 0.682. The van der Waals surface area contributed by atoms with Gasteiger partial charge in [-0.2, -0.15) is 0 Å². The summed E-state index contributed by atoms with van der Waals surface area (Å²) in [4.78, 5) is 18.0. The minimum Gasteiger partial charge on any atom is -0.379 e. The van der Waals surface area contributed by atoms with Crippen LogP contribution < -0.4 is 5.32 Å². The molecule has 1 aromatic rings. The van der Waals surface area contributed by atoms with Crippen LogP contribution in [0.3, 0.4) is 0 Å². The maximum atomic E-state index is 13.3. The van der Waals surface area contributed by atoms with Gasteiger partial charge in [0.1, 0.15) is 5.82 Å². The maximum absolute atomic E-state index is 13.3. The lowest BCUT2D eigenvalue weighted by atomic mass is 9.84. The number of piperidine rings is 1. The summed E-state index contributed by atoms with van der Waals surface area (Å²) in [5.74, 6) is -0.367. The van der Waals surface area contributed by atoms with E-state index in [0.717, 1.165) is 57.8 Å². The number of nitrogens with zero attached hydrogens (tertiary/aromatic N) is 2. The first-order chi connectivity index (χ1) is 13.4. The molecule has 1 aromatic carbocycles. The highest BCUT2D eigenvalue weighted by Gasteiger charge is 2.40. The van der Waals surface area contributed by atoms with E-state index in [1.165, 1.54) is 12.1 Å². The van der Waals surface area contributed by atoms with Crippen molar-refractivity contribution in [3.8, 4) is 0 Å². The van der Waals surface area contributed by atoms with E-state index >= 15 is 0 Å². The number of likely N-dealkylation sites (tertiary alicyclic amines) is 1. The zero-order valence-corrected chi connectivity index (χ0v) is 17.4. The fourth-order valence-corrected chi connectivity index (χ4v) is 4.55. The number of halogens is 1. The topological polar surface area (TPSA) is 44.8 Å². The van der Waals surface area contributed by atoms with Crippen LogP contribution in [0.5, 0.6) is 0 Å². The smallest absolute Gasteiger partial charge is 0.227 e. The fourth-order valence-electron chi connectivity index (χ4n) is 4.55. The van der Waals surface area contributed by atoms with Crippen molar-refractivity contribution >= 4 is 5.91 Å². The highest BCUT2D eigenvalue weighted by Crippen LogP contribution is 2.30. The summed E-state index contributed by atoms with van der Waals surface area (Å²) < 4.78 is 18.9. The molecule has 0 bridgehead atoms. The lowest BCUT2D eigenvalue weighted by Crippen LogP contribution is -2.62. The lowest BCUT2D eigenvalue weighted by molar-refractivity contribution is -0.125. The number of hydrogen-bond donors (Lipinski definition) is 1. The quantitative estimate of drug-likeness (QED) is 0.809. The molecule has 1 amide bonds. The van der Waals surface area contributed by atoms with Crippen molar-refractivity contribution in [2.24, 2.45) is 5.92 Å². The predicted molar refractivity (Wildman–Crippen MR) is 109 cm³/mol. The SMILES string of the molecule is CC(C)C(C(=O)NCC1(N2CCOCC2)CCN(C)CC1)c1ccc(F)cc1. The standard InChI is InChI=1S/C22H34FN3O2/c1-17(2)20(18-4-6-19(23)7-5-18)21(27)24-16-22(8-10-25(3)11-9-22)26-12-14-28-15-13-26/h4-7,17,20H,8-16H2,1-3H3,(H,24,27). The molecule has 1 atom stereocenters. The van der Waals surface area contributed by atoms with Gasteiger partial charge in [-0.25, -0.2) is 4.39 Å². The lowest BCUT2D eigenvalue weighted by Gasteiger charge is -2.49. The van der Waals surface area contributed by atoms with Crippen molar-refractivity contribution in [2.45, 2.75) is 38.1 Å². The van der Waals surface area contributed by atoms with Gasteiger partial charge in [0.2, 0.25) is 5.91 Å². The van der Waals surface area contributed by atoms with Gasteiger partial charge in [0.05, 0.1) is 19.1 Å². The van der Waals surface area contributed by atoms with Crippen LogP contribution >= 0.6 is 0 Å². The Kier molecular flexibility index (Phi) is 7.07. The molecule has 0 aliphatic carbocycles. The number of benzene rings is 1. The first kappa shape index (κ1) is 21.2. The summed E-state index contributed by atoms with van der Waals surface area (Å²) >= 11 is 0. The molecular formula is C22H34FN3O2. The number of amides is 1. The number of carbonyl (C=O) groups is 1. The predicted octanol–water partition coefficient (Wildman–Crippen LogP) is 2.48. The molecule has 3 rings (SSSR count). The van der Waals surface area contributed by atoms with Crippen molar-refractivity contribution in [3.63, 3.8) is 0 Å². The van der Waals surface area contributed by atoms with Crippen LogP contribution in [0.1, 0.15) is 38.2 Å². The highest BCUT2D eigenvalue weighted by atomic mass is 19.1. The summed E-state index contributed by atoms with van der Waals surface area (Å²) in [7, 11) is 2.16. The molecule has 2 heterocycles. The Morgan fingerprint density at radius 1 is 1.14 bits per heavy atom. The van der Waals surface area contributed by atoms with Crippen molar-refractivity contribution in [1.82, 2.24) is 15.1 Å². The molecule has 0 saturated carbocycles. The van der Waals surface area contributed by atoms with Gasteiger partial charge in [-0.05, 0) is 56.6 Å². The van der Waals surface area contributed by atoms with Gasteiger partial charge >= 0.3 is 0 Å². The van der Waals surface area contributed by atoms with E-state index in [-0.39, 0.29) is 29.1 Å². The minimum atomic E-state index is -0.274. The van der Waals surface area contributed by atoms with Crippen molar-refractivity contribution < 1.29 is 13.9 Å². The van der Waals surface area contributed by atoms with E-state index in [4.69, 9.17) is 4.74 Å². The monoisotopic (exact) mass is 391 g/mol. The van der Waals surface area contributed by atoms with Gasteiger partial charge in [0.25, 0.3) is 0 Å². The Labute approximate surface area is 168 Å². The summed E-state index contributed by atoms with van der Waals surface area (Å²) in [6, 6.07) is 6.33. The summed E-state index contributed by atoms with van der Waals surface area (Å²) in [6.45, 7) is 10.2. The average Bonchev–Trinajstić information content (AvgIpc) is 2.70. The minimum absolute atomic E-state index is 0.00369. The first-order valence-electron chi connectivity index (χ1n) is 10.5. The number of ether oxygens (including phenoxy) is 1. The summed E-state index contributed by atoms with van der Waals surface area (Å²) in [5.41, 5.74) is 0.869. The van der Waals surface area contributed by atoms with Crippen molar-refractivity contribution in [1.29, 1.82) is 0 Å². The normalized spacial score (nSPS) is 22.2. The number of rotatable bonds is 6. The highest BCUT2D eigenvalue weighted by molar-refractivity contribution is 5.84. The second-order valence-electron chi connectivity index (χ2n) is 8.62. The van der Waals surface area contributed by atoms with Crippen LogP contribution in [0.2, 0.25) is 0 Å². The van der Waals surface area contributed by atoms with E-state index in [1.807, 2.05) is 13.8 Å².